The first-order chi connectivity index (χ1) is 25.1. The van der Waals surface area contributed by atoms with Crippen LogP contribution in [0.1, 0.15) is 156 Å². The Hall–Kier alpha value is -0.610. The Bertz CT molecular complexity index is 902. The quantitative estimate of drug-likeness (QED) is 0.116. The number of carbonyl (C=O) groups is 2. The van der Waals surface area contributed by atoms with Crippen LogP contribution in [-0.2, 0) is 14.2 Å². The number of carbonyl (C=O) groups excluding carboxylic acids is 2. The van der Waals surface area contributed by atoms with Crippen LogP contribution in [-0.4, -0.2) is 116 Å². The second-order valence-electron chi connectivity index (χ2n) is 16.7. The molecule has 0 aromatic rings. The van der Waals surface area contributed by atoms with E-state index in [1.807, 2.05) is 41.5 Å². The molecule has 0 atom stereocenters. The molecule has 12 N–H and O–H groups in total. The van der Waals surface area contributed by atoms with Crippen LogP contribution in [0.5, 0.6) is 0 Å². The van der Waals surface area contributed by atoms with Gasteiger partial charge in [0.2, 0.25) is 0 Å². The van der Waals surface area contributed by atoms with Crippen LogP contribution in [0.3, 0.4) is 0 Å². The molecule has 15 heteroatoms. The van der Waals surface area contributed by atoms with Gasteiger partial charge in [0.25, 0.3) is 0 Å². The molecule has 5 aliphatic rings. The predicted octanol–water partition coefficient (Wildman–Crippen LogP) is 1.38. The van der Waals surface area contributed by atoms with Crippen molar-refractivity contribution in [3.05, 3.63) is 6.61 Å². The molecule has 0 spiro atoms. The number of nitrogens with one attached hydrogen (secondary N) is 2. The van der Waals surface area contributed by atoms with Gasteiger partial charge in [-0.05, 0) is 137 Å². The van der Waals surface area contributed by atoms with E-state index in [4.69, 9.17) is 42.9 Å². The van der Waals surface area contributed by atoms with Gasteiger partial charge in [0, 0.05) is 62.0 Å². The summed E-state index contributed by atoms with van der Waals surface area (Å²) in [5, 5.41) is 6.15. The number of hydrogen-bond donors (Lipinski definition) is 7. The van der Waals surface area contributed by atoms with Crippen molar-refractivity contribution in [2.75, 3.05) is 27.3 Å². The van der Waals surface area contributed by atoms with E-state index in [1.165, 1.54) is 32.1 Å². The summed E-state index contributed by atoms with van der Waals surface area (Å²) < 4.78 is 15.2. The number of nitrogens with zero attached hydrogens (tertiary/aromatic N) is 1. The van der Waals surface area contributed by atoms with Crippen molar-refractivity contribution in [2.24, 2.45) is 28.7 Å². The van der Waals surface area contributed by atoms with Crippen LogP contribution in [0.2, 0.25) is 0 Å². The average molecular weight is 793 g/mol. The van der Waals surface area contributed by atoms with E-state index in [2.05, 4.69) is 17.6 Å². The van der Waals surface area contributed by atoms with Gasteiger partial charge < -0.3 is 58.4 Å². The molecule has 5 rings (SSSR count). The Labute approximate surface area is 358 Å². The number of nitrogens with two attached hydrogens (primary N) is 5. The molecule has 0 radical (unpaired) electrons. The second kappa shape index (κ2) is 33.2. The normalized spacial score (nSPS) is 28.7. The van der Waals surface area contributed by atoms with Crippen LogP contribution in [0.4, 0.5) is 9.59 Å². The standard InChI is InChI=1S/C12H24N2O2.C11H22N2O2.C7H16N2.C6H14N2.C4H7O.Al.Li.3H/c1-12(2,3)16-11(15)14(4)10-7-5-9(13)6-8-10;1-2-3-8-15-11(14)13-10-6-4-9(12)5-7-10;1-9-7-4-2-6(8)3-5-7;7-5-1-2-6(8)4-3-5;1-2-4-5-3-1;;;;;/h9-10H,5-8,13H2,1-4H3;9-10H,2-8,12H2,1H3,(H,13,14);6-7,9H,2-5,8H2,1H3;5-6H,1-4,7-8H2;3H,1-2,4H2;;;;;/q;;;;-1;;+1;;;. The summed E-state index contributed by atoms with van der Waals surface area (Å²) in [5.41, 5.74) is 28.2. The van der Waals surface area contributed by atoms with Crippen molar-refractivity contribution in [1.29, 1.82) is 0 Å². The maximum absolute atomic E-state index is 11.8. The monoisotopic (exact) mass is 793 g/mol. The Morgan fingerprint density at radius 1 is 0.745 bits per heavy atom. The van der Waals surface area contributed by atoms with Crippen molar-refractivity contribution < 1.29 is 42.7 Å². The van der Waals surface area contributed by atoms with E-state index < -0.39 is 5.60 Å². The Balaban J connectivity index is 0. The van der Waals surface area contributed by atoms with E-state index >= 15 is 0 Å². The summed E-state index contributed by atoms with van der Waals surface area (Å²) in [5.74, 6) is 0. The summed E-state index contributed by atoms with van der Waals surface area (Å²) in [4.78, 5) is 24.8. The topological polar surface area (TPSA) is 219 Å². The number of ether oxygens (including phenoxy) is 3. The molecule has 4 aliphatic carbocycles. The van der Waals surface area contributed by atoms with E-state index in [-0.39, 0.29) is 60.5 Å². The minimum absolute atomic E-state index is 0. The van der Waals surface area contributed by atoms with Gasteiger partial charge in [-0.3, -0.25) is 0 Å². The Morgan fingerprint density at radius 3 is 1.51 bits per heavy atom. The number of rotatable bonds is 6. The summed E-state index contributed by atoms with van der Waals surface area (Å²) in [6, 6.07) is 3.28. The third-order valence-electron chi connectivity index (χ3n) is 10.5. The van der Waals surface area contributed by atoms with Gasteiger partial charge in [0.15, 0.2) is 17.4 Å². The van der Waals surface area contributed by atoms with Crippen molar-refractivity contribution >= 4 is 29.5 Å². The molecular weight excluding hydrogens is 706 g/mol. The zero-order valence-electron chi connectivity index (χ0n) is 35.6. The molecule has 4 saturated carbocycles. The number of hydrogen-bond acceptors (Lipinski definition) is 11. The second-order valence-corrected chi connectivity index (χ2v) is 16.7. The largest absolute Gasteiger partial charge is 1.00 e. The van der Waals surface area contributed by atoms with Gasteiger partial charge in [-0.1, -0.05) is 19.8 Å². The molecule has 13 nitrogen and oxygen atoms in total. The van der Waals surface area contributed by atoms with E-state index in [0.29, 0.717) is 36.8 Å². The first-order valence-corrected chi connectivity index (χ1v) is 20.9. The number of alkyl carbamates (subject to hydrolysis) is 1. The molecule has 1 saturated heterocycles. The van der Waals surface area contributed by atoms with Crippen LogP contribution in [0.25, 0.3) is 0 Å². The summed E-state index contributed by atoms with van der Waals surface area (Å²) in [7, 11) is 3.84. The van der Waals surface area contributed by atoms with Crippen LogP contribution in [0, 0.1) is 6.61 Å². The van der Waals surface area contributed by atoms with Gasteiger partial charge in [-0.25, -0.2) is 16.2 Å². The van der Waals surface area contributed by atoms with Gasteiger partial charge >= 0.3 is 31.0 Å². The van der Waals surface area contributed by atoms with E-state index in [9.17, 15) is 9.59 Å². The summed E-state index contributed by atoms with van der Waals surface area (Å²) in [6.45, 7) is 11.1. The van der Waals surface area contributed by atoms with Crippen LogP contribution < -0.4 is 58.2 Å². The zero-order valence-corrected chi connectivity index (χ0v) is 35.6. The third kappa shape index (κ3) is 30.1. The van der Waals surface area contributed by atoms with E-state index in [1.54, 1.807) is 4.90 Å². The van der Waals surface area contributed by atoms with Crippen molar-refractivity contribution in [2.45, 2.75) is 210 Å². The minimum Gasteiger partial charge on any atom is -0.552 e. The smallest absolute Gasteiger partial charge is 0.552 e. The molecule has 5 fully saturated rings. The van der Waals surface area contributed by atoms with Gasteiger partial charge in [0.05, 0.1) is 6.61 Å². The molecule has 1 aliphatic heterocycles. The first-order valence-electron chi connectivity index (χ1n) is 20.9. The molecule has 0 unspecified atom stereocenters. The van der Waals surface area contributed by atoms with Gasteiger partial charge in [-0.2, -0.15) is 6.42 Å². The molecule has 55 heavy (non-hydrogen) atoms. The van der Waals surface area contributed by atoms with Crippen molar-refractivity contribution in [3.63, 3.8) is 0 Å². The van der Waals surface area contributed by atoms with Crippen molar-refractivity contribution in [1.82, 2.24) is 15.5 Å². The Morgan fingerprint density at radius 2 is 1.16 bits per heavy atom. The van der Waals surface area contributed by atoms with Crippen LogP contribution in [0.15, 0.2) is 0 Å². The van der Waals surface area contributed by atoms with Gasteiger partial charge in [-0.15, -0.1) is 0 Å². The van der Waals surface area contributed by atoms with Crippen LogP contribution >= 0.6 is 0 Å². The van der Waals surface area contributed by atoms with Gasteiger partial charge in [0.1, 0.15) is 5.60 Å². The zero-order chi connectivity index (χ0) is 39.6. The van der Waals surface area contributed by atoms with Crippen molar-refractivity contribution in [3.8, 4) is 0 Å². The predicted molar refractivity (Wildman–Crippen MR) is 227 cm³/mol. The SMILES string of the molecule is CCCCOC(=O)NC1CCC(N)CC1.CN(C(=O)OC(C)(C)C)C1CCC(N)CC1.CNC1CCC(N)CC1.NC1CCC(N)CC1.[AlH3].[CH-]1CCCO1.[Li+]. The third-order valence-corrected chi connectivity index (χ3v) is 10.5. The average Bonchev–Trinajstić information content (AvgIpc) is 3.72. The molecule has 0 bridgehead atoms. The maximum atomic E-state index is 11.8. The fraction of sp³-hybridized carbons (Fsp3) is 0.925. The molecule has 0 aromatic heterocycles. The molecular formula is C40H86AlLiN8O5. The Kier molecular flexibility index (Phi) is 34.1. The first kappa shape index (κ1) is 56.5. The summed E-state index contributed by atoms with van der Waals surface area (Å²) >= 11 is 0. The molecule has 0 aromatic carbocycles. The molecule has 320 valence electrons. The van der Waals surface area contributed by atoms with E-state index in [0.717, 1.165) is 109 Å². The molecule has 2 amide bonds. The minimum atomic E-state index is -0.420. The maximum Gasteiger partial charge on any atom is 1.00 e. The molecule has 1 heterocycles. The number of amides is 2. The number of unbranched alkanes of at least 4 members (excludes halogenated alkanes) is 1. The fourth-order valence-electron chi connectivity index (χ4n) is 6.72. The summed E-state index contributed by atoms with van der Waals surface area (Å²) in [6.07, 6.45) is 21.2. The fourth-order valence-corrected chi connectivity index (χ4v) is 6.72.